The third kappa shape index (κ3) is 5.34. The third-order valence-corrected chi connectivity index (χ3v) is 3.87. The van der Waals surface area contributed by atoms with Gasteiger partial charge in [0.05, 0.1) is 11.2 Å². The molecule has 114 valence electrons. The van der Waals surface area contributed by atoms with Crippen molar-refractivity contribution in [3.8, 4) is 0 Å². The molecule has 0 aliphatic rings. The molecule has 0 bridgehead atoms. The molecule has 0 aliphatic heterocycles. The molecule has 0 fully saturated rings. The summed E-state index contributed by atoms with van der Waals surface area (Å²) in [5, 5.41) is 13.1. The Balaban J connectivity index is 2.71. The minimum atomic E-state index is -4.33. The minimum absolute atomic E-state index is 0.259. The second-order valence-electron chi connectivity index (χ2n) is 5.16. The zero-order valence-electron chi connectivity index (χ0n) is 11.8. The van der Waals surface area contributed by atoms with E-state index >= 15 is 0 Å². The van der Waals surface area contributed by atoms with Gasteiger partial charge < -0.3 is 10.4 Å². The van der Waals surface area contributed by atoms with Gasteiger partial charge >= 0.3 is 6.18 Å². The normalized spacial score (nSPS) is 16.8. The van der Waals surface area contributed by atoms with Crippen LogP contribution in [0.1, 0.15) is 31.0 Å². The fourth-order valence-electron chi connectivity index (χ4n) is 1.84. The van der Waals surface area contributed by atoms with E-state index in [1.165, 1.54) is 17.8 Å². The summed E-state index contributed by atoms with van der Waals surface area (Å²) in [6.07, 6.45) is -2.44. The van der Waals surface area contributed by atoms with Gasteiger partial charge in [0.2, 0.25) is 0 Å². The van der Waals surface area contributed by atoms with E-state index in [9.17, 15) is 18.3 Å². The SMILES string of the molecule is CSCC(C)(O)CNC(C)c1cccc(C(F)(F)F)c1. The highest BCUT2D eigenvalue weighted by molar-refractivity contribution is 7.98. The van der Waals surface area contributed by atoms with Crippen LogP contribution >= 0.6 is 11.8 Å². The first-order valence-electron chi connectivity index (χ1n) is 6.27. The molecule has 1 rings (SSSR count). The molecule has 2 unspecified atom stereocenters. The van der Waals surface area contributed by atoms with Crippen molar-refractivity contribution in [2.45, 2.75) is 31.7 Å². The molecule has 0 amide bonds. The lowest BCUT2D eigenvalue weighted by molar-refractivity contribution is -0.137. The van der Waals surface area contributed by atoms with Crippen molar-refractivity contribution in [2.24, 2.45) is 0 Å². The van der Waals surface area contributed by atoms with Crippen molar-refractivity contribution >= 4 is 11.8 Å². The molecular weight excluding hydrogens is 287 g/mol. The van der Waals surface area contributed by atoms with Gasteiger partial charge in [0.15, 0.2) is 0 Å². The van der Waals surface area contributed by atoms with Gasteiger partial charge in [-0.25, -0.2) is 0 Å². The highest BCUT2D eigenvalue weighted by Gasteiger charge is 2.30. The fourth-order valence-corrected chi connectivity index (χ4v) is 2.56. The van der Waals surface area contributed by atoms with Gasteiger partial charge in [-0.05, 0) is 37.8 Å². The summed E-state index contributed by atoms with van der Waals surface area (Å²) in [5.74, 6) is 0.565. The van der Waals surface area contributed by atoms with E-state index in [2.05, 4.69) is 5.32 Å². The number of benzene rings is 1. The monoisotopic (exact) mass is 307 g/mol. The molecule has 2 atom stereocenters. The molecule has 1 aromatic carbocycles. The van der Waals surface area contributed by atoms with Crippen molar-refractivity contribution in [1.82, 2.24) is 5.32 Å². The standard InChI is InChI=1S/C14H20F3NOS/c1-10(18-8-13(2,19)9-20-3)11-5-4-6-12(7-11)14(15,16)17/h4-7,10,18-19H,8-9H2,1-3H3. The number of aliphatic hydroxyl groups is 1. The van der Waals surface area contributed by atoms with E-state index in [4.69, 9.17) is 0 Å². The highest BCUT2D eigenvalue weighted by atomic mass is 32.2. The smallest absolute Gasteiger partial charge is 0.388 e. The van der Waals surface area contributed by atoms with Crippen LogP contribution in [0.5, 0.6) is 0 Å². The van der Waals surface area contributed by atoms with Crippen LogP contribution in [0.4, 0.5) is 13.2 Å². The first-order valence-corrected chi connectivity index (χ1v) is 7.67. The Hall–Kier alpha value is -0.720. The predicted octanol–water partition coefficient (Wildman–Crippen LogP) is 3.47. The second kappa shape index (κ2) is 6.83. The van der Waals surface area contributed by atoms with Crippen LogP contribution in [-0.2, 0) is 6.18 Å². The minimum Gasteiger partial charge on any atom is -0.388 e. The van der Waals surface area contributed by atoms with Crippen LogP contribution in [0, 0.1) is 0 Å². The molecule has 0 saturated heterocycles. The summed E-state index contributed by atoms with van der Waals surface area (Å²) in [4.78, 5) is 0. The Kier molecular flexibility index (Phi) is 5.91. The van der Waals surface area contributed by atoms with E-state index in [1.54, 1.807) is 19.9 Å². The lowest BCUT2D eigenvalue weighted by atomic mass is 10.0. The lowest BCUT2D eigenvalue weighted by Crippen LogP contribution is -2.40. The van der Waals surface area contributed by atoms with Crippen LogP contribution in [0.3, 0.4) is 0 Å². The van der Waals surface area contributed by atoms with E-state index in [-0.39, 0.29) is 6.04 Å². The summed E-state index contributed by atoms with van der Waals surface area (Å²) in [6.45, 7) is 3.81. The average Bonchev–Trinajstić information content (AvgIpc) is 2.35. The molecule has 2 nitrogen and oxygen atoms in total. The first kappa shape index (κ1) is 17.3. The molecule has 2 N–H and O–H groups in total. The van der Waals surface area contributed by atoms with Gasteiger partial charge in [-0.3, -0.25) is 0 Å². The molecule has 0 saturated carbocycles. The van der Waals surface area contributed by atoms with E-state index in [0.717, 1.165) is 12.1 Å². The Morgan fingerprint density at radius 3 is 2.55 bits per heavy atom. The van der Waals surface area contributed by atoms with Crippen LogP contribution in [0.15, 0.2) is 24.3 Å². The summed E-state index contributed by atoms with van der Waals surface area (Å²) < 4.78 is 37.9. The number of thioether (sulfide) groups is 1. The van der Waals surface area contributed by atoms with Crippen molar-refractivity contribution in [3.63, 3.8) is 0 Å². The number of alkyl halides is 3. The molecule has 0 radical (unpaired) electrons. The molecule has 6 heteroatoms. The largest absolute Gasteiger partial charge is 0.416 e. The quantitative estimate of drug-likeness (QED) is 0.844. The number of hydrogen-bond acceptors (Lipinski definition) is 3. The Labute approximate surface area is 121 Å². The summed E-state index contributed by atoms with van der Waals surface area (Å²) >= 11 is 1.52. The van der Waals surface area contributed by atoms with Gasteiger partial charge in [-0.2, -0.15) is 24.9 Å². The Morgan fingerprint density at radius 2 is 2.00 bits per heavy atom. The van der Waals surface area contributed by atoms with Crippen LogP contribution in [0.25, 0.3) is 0 Å². The molecule has 0 aliphatic carbocycles. The maximum absolute atomic E-state index is 12.6. The highest BCUT2D eigenvalue weighted by Crippen LogP contribution is 2.30. The second-order valence-corrected chi connectivity index (χ2v) is 6.02. The Bertz CT molecular complexity index is 435. The van der Waals surface area contributed by atoms with Crippen LogP contribution in [0.2, 0.25) is 0 Å². The summed E-state index contributed by atoms with van der Waals surface area (Å²) in [7, 11) is 0. The third-order valence-electron chi connectivity index (χ3n) is 2.96. The number of halogens is 3. The van der Waals surface area contributed by atoms with Crippen molar-refractivity contribution in [3.05, 3.63) is 35.4 Å². The average molecular weight is 307 g/mol. The zero-order chi connectivity index (χ0) is 15.4. The van der Waals surface area contributed by atoms with E-state index in [0.29, 0.717) is 17.9 Å². The topological polar surface area (TPSA) is 32.3 Å². The summed E-state index contributed by atoms with van der Waals surface area (Å²) in [5.41, 5.74) is -0.978. The van der Waals surface area contributed by atoms with Gasteiger partial charge in [0.25, 0.3) is 0 Å². The van der Waals surface area contributed by atoms with Crippen molar-refractivity contribution < 1.29 is 18.3 Å². The fraction of sp³-hybridized carbons (Fsp3) is 0.571. The number of nitrogens with one attached hydrogen (secondary N) is 1. The van der Waals surface area contributed by atoms with E-state index < -0.39 is 17.3 Å². The van der Waals surface area contributed by atoms with Gasteiger partial charge in [-0.1, -0.05) is 12.1 Å². The number of rotatable bonds is 6. The zero-order valence-corrected chi connectivity index (χ0v) is 12.6. The van der Waals surface area contributed by atoms with Crippen molar-refractivity contribution in [2.75, 3.05) is 18.6 Å². The summed E-state index contributed by atoms with van der Waals surface area (Å²) in [6, 6.07) is 4.98. The maximum atomic E-state index is 12.6. The van der Waals surface area contributed by atoms with Crippen LogP contribution < -0.4 is 5.32 Å². The first-order chi connectivity index (χ1) is 9.15. The number of hydrogen-bond donors (Lipinski definition) is 2. The van der Waals surface area contributed by atoms with Gasteiger partial charge in [-0.15, -0.1) is 0 Å². The predicted molar refractivity (Wildman–Crippen MR) is 76.9 cm³/mol. The molecule has 0 spiro atoms. The van der Waals surface area contributed by atoms with Gasteiger partial charge in [0, 0.05) is 18.3 Å². The Morgan fingerprint density at radius 1 is 1.35 bits per heavy atom. The van der Waals surface area contributed by atoms with Crippen molar-refractivity contribution in [1.29, 1.82) is 0 Å². The molecule has 0 heterocycles. The van der Waals surface area contributed by atoms with Crippen LogP contribution in [-0.4, -0.2) is 29.3 Å². The van der Waals surface area contributed by atoms with E-state index in [1.807, 2.05) is 6.26 Å². The lowest BCUT2D eigenvalue weighted by Gasteiger charge is -2.25. The molecule has 20 heavy (non-hydrogen) atoms. The molecule has 0 aromatic heterocycles. The maximum Gasteiger partial charge on any atom is 0.416 e. The molecular formula is C14H20F3NOS. The molecule has 1 aromatic rings. The van der Waals surface area contributed by atoms with Gasteiger partial charge in [0.1, 0.15) is 0 Å².